The van der Waals surface area contributed by atoms with Crippen molar-refractivity contribution in [2.24, 2.45) is 46.3 Å². The van der Waals surface area contributed by atoms with E-state index in [1.807, 2.05) is 0 Å². The molecule has 1 saturated heterocycles. The first-order valence-corrected chi connectivity index (χ1v) is 17.8. The molecule has 1 heterocycles. The van der Waals surface area contributed by atoms with Crippen LogP contribution in [-0.2, 0) is 28.9 Å². The van der Waals surface area contributed by atoms with Gasteiger partial charge in [0, 0.05) is 19.3 Å². The molecule has 0 spiro atoms. The van der Waals surface area contributed by atoms with Gasteiger partial charge in [-0.05, 0) is 91.8 Å². The second-order valence-corrected chi connectivity index (χ2v) is 16.1. The van der Waals surface area contributed by atoms with Crippen molar-refractivity contribution in [2.45, 2.75) is 122 Å². The zero-order valence-electron chi connectivity index (χ0n) is 26.7. The normalized spacial score (nSPS) is 45.4. The largest absolute Gasteiger partial charge is 0.481 e. The van der Waals surface area contributed by atoms with E-state index in [0.29, 0.717) is 31.6 Å². The second kappa shape index (κ2) is 12.8. The van der Waals surface area contributed by atoms with Gasteiger partial charge in [0.05, 0.1) is 24.9 Å². The molecule has 0 bridgehead atoms. The number of carboxylic acid groups (broad SMARTS) is 1. The highest BCUT2D eigenvalue weighted by Gasteiger charge is 2.63. The highest BCUT2D eigenvalue weighted by atomic mass is 32.3. The number of aliphatic hydroxyl groups is 3. The summed E-state index contributed by atoms with van der Waals surface area (Å²) in [7, 11) is -4.65. The van der Waals surface area contributed by atoms with E-state index in [-0.39, 0.29) is 46.8 Å². The number of aliphatic carboxylic acids is 1. The van der Waals surface area contributed by atoms with E-state index >= 15 is 0 Å². The standard InChI is InChI=1S/C32H51NO11S/c1-16(5-8-25(36)37)21-6-7-22-26-20(30-27(33-17(2)35)29(39)28(38)24(15-34)43-30)14-18-13-19(44-45(40,41)42)9-11-31(18,3)23(26)10-12-32(21,22)4/h14,16,19-24,26-30,34,38-39H,5-13,15H2,1-4H3,(H,33,35)(H,36,37)(H,40,41,42)/t16-,19+,20+,21-,22+,23+,24-,26+,27-,28-,29-,30?,31+,32-/m1/s1. The quantitative estimate of drug-likeness (QED) is 0.157. The minimum atomic E-state index is -4.65. The molecular formula is C32H51NO11S. The number of carboxylic acids is 1. The topological polar surface area (TPSA) is 200 Å². The van der Waals surface area contributed by atoms with Crippen molar-refractivity contribution >= 4 is 22.3 Å². The maximum absolute atomic E-state index is 12.4. The summed E-state index contributed by atoms with van der Waals surface area (Å²) in [5, 5.41) is 44.3. The van der Waals surface area contributed by atoms with Crippen LogP contribution in [0.4, 0.5) is 0 Å². The van der Waals surface area contributed by atoms with Crippen LogP contribution in [0.25, 0.3) is 0 Å². The van der Waals surface area contributed by atoms with Crippen LogP contribution in [-0.4, -0.2) is 88.4 Å². The molecule has 4 aliphatic carbocycles. The van der Waals surface area contributed by atoms with E-state index < -0.39 is 65.4 Å². The summed E-state index contributed by atoms with van der Waals surface area (Å²) in [6.07, 6.45) is 2.64. The minimum absolute atomic E-state index is 0.0521. The molecule has 5 aliphatic rings. The molecule has 12 nitrogen and oxygen atoms in total. The summed E-state index contributed by atoms with van der Waals surface area (Å²) < 4.78 is 44.2. The Kier molecular flexibility index (Phi) is 9.86. The Labute approximate surface area is 265 Å². The molecule has 1 unspecified atom stereocenters. The van der Waals surface area contributed by atoms with E-state index in [1.54, 1.807) is 0 Å². The van der Waals surface area contributed by atoms with Gasteiger partial charge in [-0.25, -0.2) is 4.18 Å². The lowest BCUT2D eigenvalue weighted by Crippen LogP contribution is -2.67. The summed E-state index contributed by atoms with van der Waals surface area (Å²) in [6.45, 7) is 7.53. The third kappa shape index (κ3) is 6.47. The first-order valence-electron chi connectivity index (χ1n) is 16.5. The Morgan fingerprint density at radius 1 is 1.11 bits per heavy atom. The van der Waals surface area contributed by atoms with Gasteiger partial charge in [-0.3, -0.25) is 14.1 Å². The van der Waals surface area contributed by atoms with Crippen molar-refractivity contribution < 1.29 is 51.9 Å². The summed E-state index contributed by atoms with van der Waals surface area (Å²) >= 11 is 0. The number of fused-ring (bicyclic) bond motifs is 5. The minimum Gasteiger partial charge on any atom is -0.481 e. The summed E-state index contributed by atoms with van der Waals surface area (Å²) in [5.74, 6) is -0.543. The van der Waals surface area contributed by atoms with Gasteiger partial charge in [0.15, 0.2) is 0 Å². The number of nitrogens with one attached hydrogen (secondary N) is 1. The van der Waals surface area contributed by atoms with Crippen LogP contribution >= 0.6 is 0 Å². The number of hydrogen-bond donors (Lipinski definition) is 6. The van der Waals surface area contributed by atoms with E-state index in [9.17, 15) is 43.0 Å². The highest BCUT2D eigenvalue weighted by Crippen LogP contribution is 2.69. The summed E-state index contributed by atoms with van der Waals surface area (Å²) in [5.41, 5.74) is 0.645. The van der Waals surface area contributed by atoms with Crippen molar-refractivity contribution in [3.05, 3.63) is 11.6 Å². The maximum atomic E-state index is 12.4. The van der Waals surface area contributed by atoms with Crippen LogP contribution in [0.15, 0.2) is 11.6 Å². The van der Waals surface area contributed by atoms with Crippen LogP contribution < -0.4 is 5.32 Å². The molecule has 3 saturated carbocycles. The van der Waals surface area contributed by atoms with E-state index in [1.165, 1.54) is 6.92 Å². The molecule has 0 radical (unpaired) electrons. The Morgan fingerprint density at radius 3 is 2.44 bits per heavy atom. The predicted octanol–water partition coefficient (Wildman–Crippen LogP) is 2.47. The number of carbonyl (C=O) groups is 2. The SMILES string of the molecule is CC(=O)N[C@H]1C([C@H]2C=C3C[C@@H](OS(=O)(=O)O)CC[C@]3(C)[C@H]3CC[C@]4(C)[C@@H]([C@H](C)CCC(=O)O)CC[C@H]4[C@H]23)O[C@H](CO)[C@@H](O)[C@@H]1O. The van der Waals surface area contributed by atoms with Crippen molar-refractivity contribution in [1.82, 2.24) is 5.32 Å². The summed E-state index contributed by atoms with van der Waals surface area (Å²) in [4.78, 5) is 23.8. The monoisotopic (exact) mass is 657 g/mol. The van der Waals surface area contributed by atoms with Gasteiger partial charge in [-0.15, -0.1) is 0 Å². The lowest BCUT2D eigenvalue weighted by Gasteiger charge is -2.62. The van der Waals surface area contributed by atoms with Gasteiger partial charge in [0.1, 0.15) is 18.3 Å². The fraction of sp³-hybridized carbons (Fsp3) is 0.875. The third-order valence-electron chi connectivity index (χ3n) is 12.7. The van der Waals surface area contributed by atoms with Crippen molar-refractivity contribution in [1.29, 1.82) is 0 Å². The van der Waals surface area contributed by atoms with Crippen LogP contribution in [0.5, 0.6) is 0 Å². The van der Waals surface area contributed by atoms with Crippen molar-refractivity contribution in [2.75, 3.05) is 6.61 Å². The van der Waals surface area contributed by atoms with Gasteiger partial charge >= 0.3 is 16.4 Å². The molecule has 6 N–H and O–H groups in total. The molecule has 0 aromatic rings. The zero-order chi connectivity index (χ0) is 33.1. The van der Waals surface area contributed by atoms with Crippen LogP contribution in [0.1, 0.15) is 85.5 Å². The van der Waals surface area contributed by atoms with Crippen LogP contribution in [0.3, 0.4) is 0 Å². The average molecular weight is 658 g/mol. The molecule has 1 aliphatic heterocycles. The van der Waals surface area contributed by atoms with Crippen molar-refractivity contribution in [3.63, 3.8) is 0 Å². The third-order valence-corrected chi connectivity index (χ3v) is 13.2. The number of amides is 1. The van der Waals surface area contributed by atoms with Gasteiger partial charge in [-0.2, -0.15) is 8.42 Å². The molecule has 256 valence electrons. The lowest BCUT2D eigenvalue weighted by atomic mass is 9.44. The molecular weight excluding hydrogens is 606 g/mol. The summed E-state index contributed by atoms with van der Waals surface area (Å²) in [6, 6.07) is -0.958. The van der Waals surface area contributed by atoms with Gasteiger partial charge in [0.2, 0.25) is 5.91 Å². The van der Waals surface area contributed by atoms with Gasteiger partial charge in [0.25, 0.3) is 0 Å². The van der Waals surface area contributed by atoms with Gasteiger partial charge < -0.3 is 30.5 Å². The fourth-order valence-corrected chi connectivity index (χ4v) is 11.2. The number of aliphatic hydroxyl groups excluding tert-OH is 3. The number of ether oxygens (including phenoxy) is 1. The Morgan fingerprint density at radius 2 is 1.82 bits per heavy atom. The van der Waals surface area contributed by atoms with E-state index in [0.717, 1.165) is 31.3 Å². The Hall–Kier alpha value is -1.61. The predicted molar refractivity (Wildman–Crippen MR) is 162 cm³/mol. The zero-order valence-corrected chi connectivity index (χ0v) is 27.5. The van der Waals surface area contributed by atoms with Crippen molar-refractivity contribution in [3.8, 4) is 0 Å². The first kappa shape index (κ1) is 34.7. The molecule has 13 heteroatoms. The van der Waals surface area contributed by atoms with E-state index in [2.05, 4.69) is 32.2 Å². The second-order valence-electron chi connectivity index (χ2n) is 15.0. The first-order chi connectivity index (χ1) is 21.0. The lowest BCUT2D eigenvalue weighted by molar-refractivity contribution is -0.217. The molecule has 45 heavy (non-hydrogen) atoms. The fourth-order valence-electron chi connectivity index (χ4n) is 10.7. The molecule has 1 amide bonds. The molecule has 14 atom stereocenters. The molecule has 0 aromatic carbocycles. The maximum Gasteiger partial charge on any atom is 0.397 e. The van der Waals surface area contributed by atoms with Gasteiger partial charge in [-0.1, -0.05) is 32.4 Å². The van der Waals surface area contributed by atoms with E-state index in [4.69, 9.17) is 8.92 Å². The molecule has 5 rings (SSSR count). The molecule has 0 aromatic heterocycles. The number of rotatable bonds is 9. The average Bonchev–Trinajstić information content (AvgIpc) is 3.30. The Balaban J connectivity index is 1.58. The Bertz CT molecular complexity index is 1270. The molecule has 4 fully saturated rings. The highest BCUT2D eigenvalue weighted by molar-refractivity contribution is 7.80. The van der Waals surface area contributed by atoms with Crippen LogP contribution in [0.2, 0.25) is 0 Å². The number of carbonyl (C=O) groups excluding carboxylic acids is 1. The van der Waals surface area contributed by atoms with Crippen LogP contribution in [0, 0.1) is 46.3 Å². The number of hydrogen-bond acceptors (Lipinski definition) is 9. The smallest absolute Gasteiger partial charge is 0.397 e.